The van der Waals surface area contributed by atoms with Crippen LogP contribution in [0.25, 0.3) is 16.6 Å². The molecule has 9 heteroatoms. The minimum absolute atomic E-state index is 0.209. The van der Waals surface area contributed by atoms with E-state index in [9.17, 15) is 14.0 Å². The zero-order valence-corrected chi connectivity index (χ0v) is 14.2. The van der Waals surface area contributed by atoms with Crippen molar-refractivity contribution in [3.8, 4) is 5.69 Å². The third-order valence-electron chi connectivity index (χ3n) is 4.25. The maximum atomic E-state index is 13.3. The molecule has 3 aromatic rings. The highest BCUT2D eigenvalue weighted by molar-refractivity contribution is 6.10. The second-order valence-corrected chi connectivity index (χ2v) is 5.93. The number of halogens is 1. The minimum atomic E-state index is -0.465. The number of benzene rings is 2. The molecule has 2 heterocycles. The van der Waals surface area contributed by atoms with Crippen LogP contribution < -0.4 is 16.0 Å². The predicted molar refractivity (Wildman–Crippen MR) is 97.4 cm³/mol. The number of cyclic esters (lactones) is 1. The Morgan fingerprint density at radius 2 is 2.04 bits per heavy atom. The van der Waals surface area contributed by atoms with Gasteiger partial charge in [-0.25, -0.2) is 13.9 Å². The fraction of sp³-hybridized carbons (Fsp3) is 0.167. The summed E-state index contributed by atoms with van der Waals surface area (Å²) in [6, 6.07) is 11.1. The summed E-state index contributed by atoms with van der Waals surface area (Å²) < 4.78 is 19.9. The van der Waals surface area contributed by atoms with E-state index >= 15 is 0 Å². The van der Waals surface area contributed by atoms with Gasteiger partial charge in [-0.1, -0.05) is 6.07 Å². The molecule has 0 aliphatic carbocycles. The average Bonchev–Trinajstić information content (AvgIpc) is 3.26. The zero-order valence-electron chi connectivity index (χ0n) is 14.2. The van der Waals surface area contributed by atoms with Crippen LogP contribution in [0, 0.1) is 5.82 Å². The fourth-order valence-electron chi connectivity index (χ4n) is 3.04. The Balaban J connectivity index is 1.94. The van der Waals surface area contributed by atoms with E-state index in [0.717, 1.165) is 0 Å². The van der Waals surface area contributed by atoms with Crippen molar-refractivity contribution in [2.75, 3.05) is 29.9 Å². The summed E-state index contributed by atoms with van der Waals surface area (Å²) in [5.41, 5.74) is 7.23. The number of rotatable bonds is 4. The number of fused-ring (bicyclic) bond motifs is 1. The lowest BCUT2D eigenvalue weighted by molar-refractivity contribution is -0.114. The normalized spacial score (nSPS) is 13.9. The van der Waals surface area contributed by atoms with Crippen molar-refractivity contribution in [2.45, 2.75) is 0 Å². The molecule has 0 bridgehead atoms. The summed E-state index contributed by atoms with van der Waals surface area (Å²) >= 11 is 0. The molecule has 0 spiro atoms. The molecule has 1 fully saturated rings. The Bertz CT molecular complexity index is 1030. The lowest BCUT2D eigenvalue weighted by Gasteiger charge is -2.14. The largest absolute Gasteiger partial charge is 0.447 e. The Labute approximate surface area is 153 Å². The van der Waals surface area contributed by atoms with Crippen LogP contribution in [0.15, 0.2) is 42.5 Å². The summed E-state index contributed by atoms with van der Waals surface area (Å²) in [6.07, 6.45) is -0.465. The fourth-order valence-corrected chi connectivity index (χ4v) is 3.04. The molecule has 4 rings (SSSR count). The van der Waals surface area contributed by atoms with Crippen LogP contribution in [-0.4, -0.2) is 41.5 Å². The molecule has 0 atom stereocenters. The molecule has 1 aliphatic rings. The van der Waals surface area contributed by atoms with Gasteiger partial charge in [0.2, 0.25) is 5.91 Å². The Hall–Kier alpha value is -3.46. The van der Waals surface area contributed by atoms with E-state index < -0.39 is 12.0 Å². The van der Waals surface area contributed by atoms with Crippen molar-refractivity contribution < 1.29 is 18.7 Å². The standard InChI is InChI=1S/C18H16FN5O3/c19-11-4-6-12(7-5-11)24-14-3-1-2-13(23-8-9-27-18(23)26)16(14)17(22-24)21-15(25)10-20/h1-7H,8-10,20H2,(H,21,22,25). The Kier molecular flexibility index (Phi) is 4.21. The first-order valence-corrected chi connectivity index (χ1v) is 8.30. The monoisotopic (exact) mass is 369 g/mol. The summed E-state index contributed by atoms with van der Waals surface area (Å²) in [5.74, 6) is -0.521. The Morgan fingerprint density at radius 3 is 2.70 bits per heavy atom. The molecular weight excluding hydrogens is 353 g/mol. The smallest absolute Gasteiger partial charge is 0.414 e. The number of carbonyl (C=O) groups excluding carboxylic acids is 2. The summed E-state index contributed by atoms with van der Waals surface area (Å²) in [7, 11) is 0. The minimum Gasteiger partial charge on any atom is -0.447 e. The number of nitrogens with zero attached hydrogens (tertiary/aromatic N) is 3. The molecule has 1 aromatic heterocycles. The van der Waals surface area contributed by atoms with E-state index in [1.807, 2.05) is 0 Å². The molecule has 2 amide bonds. The molecule has 138 valence electrons. The van der Waals surface area contributed by atoms with Gasteiger partial charge in [-0.2, -0.15) is 0 Å². The molecule has 27 heavy (non-hydrogen) atoms. The number of anilines is 2. The molecule has 8 nitrogen and oxygen atoms in total. The first kappa shape index (κ1) is 17.0. The maximum absolute atomic E-state index is 13.3. The molecular formula is C18H16FN5O3. The summed E-state index contributed by atoms with van der Waals surface area (Å²) in [4.78, 5) is 25.4. The number of ether oxygens (including phenoxy) is 1. The maximum Gasteiger partial charge on any atom is 0.414 e. The number of amides is 2. The SMILES string of the molecule is NCC(=O)Nc1nn(-c2ccc(F)cc2)c2cccc(N3CCOC3=O)c12. The van der Waals surface area contributed by atoms with Gasteiger partial charge < -0.3 is 15.8 Å². The van der Waals surface area contributed by atoms with E-state index in [1.165, 1.54) is 17.0 Å². The molecule has 1 saturated heterocycles. The number of nitrogens with two attached hydrogens (primary N) is 1. The van der Waals surface area contributed by atoms with Crippen LogP contribution in [0.5, 0.6) is 0 Å². The lowest BCUT2D eigenvalue weighted by Crippen LogP contribution is -2.24. The van der Waals surface area contributed by atoms with Gasteiger partial charge in [0.15, 0.2) is 5.82 Å². The lowest BCUT2D eigenvalue weighted by atomic mass is 10.2. The molecule has 0 unspecified atom stereocenters. The number of carbonyl (C=O) groups is 2. The van der Waals surface area contributed by atoms with Gasteiger partial charge in [0.25, 0.3) is 0 Å². The van der Waals surface area contributed by atoms with E-state index in [-0.39, 0.29) is 24.8 Å². The first-order valence-electron chi connectivity index (χ1n) is 8.30. The van der Waals surface area contributed by atoms with E-state index in [1.54, 1.807) is 35.0 Å². The highest BCUT2D eigenvalue weighted by Crippen LogP contribution is 2.35. The van der Waals surface area contributed by atoms with Crippen LogP contribution >= 0.6 is 0 Å². The van der Waals surface area contributed by atoms with Gasteiger partial charge in [-0.3, -0.25) is 9.69 Å². The Morgan fingerprint density at radius 1 is 1.26 bits per heavy atom. The van der Waals surface area contributed by atoms with Crippen molar-refractivity contribution in [2.24, 2.45) is 5.73 Å². The highest BCUT2D eigenvalue weighted by Gasteiger charge is 2.28. The van der Waals surface area contributed by atoms with Crippen molar-refractivity contribution in [1.82, 2.24) is 9.78 Å². The van der Waals surface area contributed by atoms with Crippen LogP contribution in [0.1, 0.15) is 0 Å². The van der Waals surface area contributed by atoms with Crippen LogP contribution in [0.3, 0.4) is 0 Å². The second-order valence-electron chi connectivity index (χ2n) is 5.93. The van der Waals surface area contributed by atoms with Crippen LogP contribution in [0.4, 0.5) is 20.7 Å². The molecule has 3 N–H and O–H groups in total. The summed E-state index contributed by atoms with van der Waals surface area (Å²) in [6.45, 7) is 0.467. The van der Waals surface area contributed by atoms with Crippen LogP contribution in [0.2, 0.25) is 0 Å². The average molecular weight is 369 g/mol. The van der Waals surface area contributed by atoms with Gasteiger partial charge in [-0.15, -0.1) is 5.10 Å². The van der Waals surface area contributed by atoms with Crippen LogP contribution in [-0.2, 0) is 9.53 Å². The van der Waals surface area contributed by atoms with Crippen molar-refractivity contribution in [1.29, 1.82) is 0 Å². The third-order valence-corrected chi connectivity index (χ3v) is 4.25. The number of aromatic nitrogens is 2. The van der Waals surface area contributed by atoms with E-state index in [4.69, 9.17) is 10.5 Å². The number of nitrogens with one attached hydrogen (secondary N) is 1. The third kappa shape index (κ3) is 2.97. The van der Waals surface area contributed by atoms with Gasteiger partial charge in [-0.05, 0) is 36.4 Å². The molecule has 0 saturated carbocycles. The molecule has 1 aliphatic heterocycles. The van der Waals surface area contributed by atoms with Crippen molar-refractivity contribution >= 4 is 34.4 Å². The topological polar surface area (TPSA) is 102 Å². The van der Waals surface area contributed by atoms with Crippen molar-refractivity contribution in [3.05, 3.63) is 48.3 Å². The van der Waals surface area contributed by atoms with Gasteiger partial charge in [0, 0.05) is 0 Å². The summed E-state index contributed by atoms with van der Waals surface area (Å²) in [5, 5.41) is 7.70. The predicted octanol–water partition coefficient (Wildman–Crippen LogP) is 2.02. The highest BCUT2D eigenvalue weighted by atomic mass is 19.1. The van der Waals surface area contributed by atoms with E-state index in [0.29, 0.717) is 28.8 Å². The number of hydrogen-bond donors (Lipinski definition) is 2. The molecule has 0 radical (unpaired) electrons. The molecule has 2 aromatic carbocycles. The van der Waals surface area contributed by atoms with Gasteiger partial charge >= 0.3 is 6.09 Å². The zero-order chi connectivity index (χ0) is 19.0. The van der Waals surface area contributed by atoms with Gasteiger partial charge in [0.1, 0.15) is 12.4 Å². The van der Waals surface area contributed by atoms with Crippen molar-refractivity contribution in [3.63, 3.8) is 0 Å². The van der Waals surface area contributed by atoms with Gasteiger partial charge in [0.05, 0.1) is 35.4 Å². The quantitative estimate of drug-likeness (QED) is 0.732. The second kappa shape index (κ2) is 6.69. The first-order chi connectivity index (χ1) is 13.1. The number of hydrogen-bond acceptors (Lipinski definition) is 5. The van der Waals surface area contributed by atoms with E-state index in [2.05, 4.69) is 10.4 Å².